The van der Waals surface area contributed by atoms with Crippen LogP contribution in [0.3, 0.4) is 0 Å². The van der Waals surface area contributed by atoms with Gasteiger partial charge in [-0.25, -0.2) is 4.98 Å². The van der Waals surface area contributed by atoms with Crippen molar-refractivity contribution in [3.63, 3.8) is 0 Å². The first-order valence-corrected chi connectivity index (χ1v) is 10.6. The van der Waals surface area contributed by atoms with Gasteiger partial charge >= 0.3 is 0 Å². The molecule has 1 N–H and O–H groups in total. The maximum Gasteiger partial charge on any atom is 0.224 e. The molecule has 2 heterocycles. The van der Waals surface area contributed by atoms with E-state index in [2.05, 4.69) is 15.2 Å². The van der Waals surface area contributed by atoms with Crippen LogP contribution in [0.15, 0.2) is 28.7 Å². The van der Waals surface area contributed by atoms with Gasteiger partial charge in [0.05, 0.1) is 5.92 Å². The normalized spacial score (nSPS) is 22.1. The summed E-state index contributed by atoms with van der Waals surface area (Å²) in [6.45, 7) is 3.00. The minimum atomic E-state index is 0.157. The number of carbonyl (C=O) groups excluding carboxylic acids is 1. The van der Waals surface area contributed by atoms with E-state index in [0.717, 1.165) is 75.1 Å². The molecular formula is C22H31N3O2. The zero-order valence-electron chi connectivity index (χ0n) is 16.2. The second-order valence-corrected chi connectivity index (χ2v) is 8.16. The number of rotatable bonds is 6. The number of hydrogen-bond donors (Lipinski definition) is 1. The maximum absolute atomic E-state index is 12.6. The Labute approximate surface area is 161 Å². The minimum absolute atomic E-state index is 0.157. The standard InChI is InChI=1S/C22H31N3O2/c26-22(23-18-9-2-1-3-10-18)17-8-6-14-25(16-17)15-7-13-21-24-19-11-4-5-12-20(19)27-21/h4-5,11-12,17-18H,1-3,6-10,13-16H2,(H,23,26). The molecule has 0 bridgehead atoms. The Morgan fingerprint density at radius 3 is 2.85 bits per heavy atom. The number of benzene rings is 1. The van der Waals surface area contributed by atoms with Crippen LogP contribution >= 0.6 is 0 Å². The van der Waals surface area contributed by atoms with Gasteiger partial charge in [0.1, 0.15) is 5.52 Å². The van der Waals surface area contributed by atoms with Gasteiger partial charge in [0, 0.05) is 19.0 Å². The molecule has 2 fully saturated rings. The van der Waals surface area contributed by atoms with Crippen LogP contribution in [0.4, 0.5) is 0 Å². The predicted octanol–water partition coefficient (Wildman–Crippen LogP) is 3.92. The number of nitrogens with zero attached hydrogens (tertiary/aromatic N) is 2. The van der Waals surface area contributed by atoms with Gasteiger partial charge in [-0.1, -0.05) is 31.4 Å². The molecular weight excluding hydrogens is 338 g/mol. The molecule has 1 aliphatic heterocycles. The molecule has 1 saturated carbocycles. The number of nitrogens with one attached hydrogen (secondary N) is 1. The first-order chi connectivity index (χ1) is 13.3. The summed E-state index contributed by atoms with van der Waals surface area (Å²) in [6, 6.07) is 8.33. The Balaban J connectivity index is 1.22. The number of likely N-dealkylation sites (tertiary alicyclic amines) is 1. The lowest BCUT2D eigenvalue weighted by atomic mass is 9.93. The van der Waals surface area contributed by atoms with Gasteiger partial charge in [-0.2, -0.15) is 0 Å². The molecule has 1 saturated heterocycles. The van der Waals surface area contributed by atoms with Crippen LogP contribution in [-0.4, -0.2) is 41.5 Å². The van der Waals surface area contributed by atoms with E-state index in [4.69, 9.17) is 4.42 Å². The van der Waals surface area contributed by atoms with Gasteiger partial charge in [-0.3, -0.25) is 4.79 Å². The highest BCUT2D eigenvalue weighted by Gasteiger charge is 2.27. The van der Waals surface area contributed by atoms with Gasteiger partial charge < -0.3 is 14.6 Å². The molecule has 27 heavy (non-hydrogen) atoms. The highest BCUT2D eigenvalue weighted by molar-refractivity contribution is 5.79. The summed E-state index contributed by atoms with van der Waals surface area (Å²) in [5, 5.41) is 3.32. The van der Waals surface area contributed by atoms with Crippen molar-refractivity contribution in [2.45, 2.75) is 63.8 Å². The minimum Gasteiger partial charge on any atom is -0.441 e. The molecule has 1 atom stereocenters. The first kappa shape index (κ1) is 18.5. The highest BCUT2D eigenvalue weighted by Crippen LogP contribution is 2.21. The molecule has 1 unspecified atom stereocenters. The second kappa shape index (κ2) is 8.87. The smallest absolute Gasteiger partial charge is 0.224 e. The van der Waals surface area contributed by atoms with E-state index in [1.807, 2.05) is 24.3 Å². The topological polar surface area (TPSA) is 58.4 Å². The fourth-order valence-electron chi connectivity index (χ4n) is 4.52. The van der Waals surface area contributed by atoms with Crippen molar-refractivity contribution in [2.24, 2.45) is 5.92 Å². The highest BCUT2D eigenvalue weighted by atomic mass is 16.3. The Bertz CT molecular complexity index is 718. The zero-order valence-corrected chi connectivity index (χ0v) is 16.2. The SMILES string of the molecule is O=C(NC1CCCCC1)C1CCCN(CCCc2nc3ccccc3o2)C1. The van der Waals surface area contributed by atoms with Gasteiger partial charge in [0.15, 0.2) is 11.5 Å². The summed E-state index contributed by atoms with van der Waals surface area (Å²) in [6.07, 6.45) is 10.2. The molecule has 2 aliphatic rings. The van der Waals surface area contributed by atoms with E-state index in [1.165, 1.54) is 19.3 Å². The van der Waals surface area contributed by atoms with Crippen molar-refractivity contribution in [1.82, 2.24) is 15.2 Å². The van der Waals surface area contributed by atoms with Gasteiger partial charge in [-0.05, 0) is 57.3 Å². The summed E-state index contributed by atoms with van der Waals surface area (Å²) in [5.41, 5.74) is 1.80. The Hall–Kier alpha value is -1.88. The number of carbonyl (C=O) groups is 1. The summed E-state index contributed by atoms with van der Waals surface area (Å²) < 4.78 is 5.81. The molecule has 1 amide bonds. The van der Waals surface area contributed by atoms with Crippen molar-refractivity contribution in [3.8, 4) is 0 Å². The Morgan fingerprint density at radius 2 is 2.00 bits per heavy atom. The van der Waals surface area contributed by atoms with Gasteiger partial charge in [0.2, 0.25) is 5.91 Å². The number of aryl methyl sites for hydroxylation is 1. The summed E-state index contributed by atoms with van der Waals surface area (Å²) in [5.74, 6) is 1.26. The molecule has 1 aromatic heterocycles. The van der Waals surface area contributed by atoms with E-state index in [9.17, 15) is 4.79 Å². The third kappa shape index (κ3) is 4.89. The van der Waals surface area contributed by atoms with Crippen molar-refractivity contribution in [1.29, 1.82) is 0 Å². The molecule has 2 aromatic rings. The number of fused-ring (bicyclic) bond motifs is 1. The van der Waals surface area contributed by atoms with Crippen LogP contribution in [-0.2, 0) is 11.2 Å². The van der Waals surface area contributed by atoms with Crippen LogP contribution < -0.4 is 5.32 Å². The summed E-state index contributed by atoms with van der Waals surface area (Å²) >= 11 is 0. The van der Waals surface area contributed by atoms with Gasteiger partial charge in [0.25, 0.3) is 0 Å². The van der Waals surface area contributed by atoms with E-state index < -0.39 is 0 Å². The van der Waals surface area contributed by atoms with Gasteiger partial charge in [-0.15, -0.1) is 0 Å². The fourth-order valence-corrected chi connectivity index (χ4v) is 4.52. The molecule has 4 rings (SSSR count). The van der Waals surface area contributed by atoms with E-state index in [0.29, 0.717) is 6.04 Å². The van der Waals surface area contributed by atoms with Crippen LogP contribution in [0.25, 0.3) is 11.1 Å². The lowest BCUT2D eigenvalue weighted by Crippen LogP contribution is -2.46. The fraction of sp³-hybridized carbons (Fsp3) is 0.636. The number of para-hydroxylation sites is 2. The van der Waals surface area contributed by atoms with Crippen molar-refractivity contribution in [3.05, 3.63) is 30.2 Å². The van der Waals surface area contributed by atoms with Crippen molar-refractivity contribution < 1.29 is 9.21 Å². The lowest BCUT2D eigenvalue weighted by Gasteiger charge is -2.33. The van der Waals surface area contributed by atoms with Crippen LogP contribution in [0.1, 0.15) is 57.3 Å². The molecule has 0 spiro atoms. The largest absolute Gasteiger partial charge is 0.441 e. The summed E-state index contributed by atoms with van der Waals surface area (Å²) in [4.78, 5) is 19.6. The number of hydrogen-bond acceptors (Lipinski definition) is 4. The Morgan fingerprint density at radius 1 is 1.15 bits per heavy atom. The quantitative estimate of drug-likeness (QED) is 0.838. The molecule has 1 aliphatic carbocycles. The monoisotopic (exact) mass is 369 g/mol. The molecule has 5 nitrogen and oxygen atoms in total. The average Bonchev–Trinajstić information content (AvgIpc) is 3.12. The van der Waals surface area contributed by atoms with Crippen LogP contribution in [0, 0.1) is 5.92 Å². The first-order valence-electron chi connectivity index (χ1n) is 10.6. The number of amides is 1. The zero-order chi connectivity index (χ0) is 18.5. The molecule has 146 valence electrons. The second-order valence-electron chi connectivity index (χ2n) is 8.16. The van der Waals surface area contributed by atoms with E-state index in [-0.39, 0.29) is 11.8 Å². The summed E-state index contributed by atoms with van der Waals surface area (Å²) in [7, 11) is 0. The third-order valence-electron chi connectivity index (χ3n) is 6.03. The number of piperidine rings is 1. The molecule has 0 radical (unpaired) electrons. The predicted molar refractivity (Wildman–Crippen MR) is 107 cm³/mol. The maximum atomic E-state index is 12.6. The third-order valence-corrected chi connectivity index (χ3v) is 6.03. The average molecular weight is 370 g/mol. The van der Waals surface area contributed by atoms with E-state index in [1.54, 1.807) is 0 Å². The van der Waals surface area contributed by atoms with E-state index >= 15 is 0 Å². The van der Waals surface area contributed by atoms with Crippen molar-refractivity contribution >= 4 is 17.0 Å². The molecule has 1 aromatic carbocycles. The number of oxazole rings is 1. The van der Waals surface area contributed by atoms with Crippen LogP contribution in [0.2, 0.25) is 0 Å². The van der Waals surface area contributed by atoms with Crippen LogP contribution in [0.5, 0.6) is 0 Å². The lowest BCUT2D eigenvalue weighted by molar-refractivity contribution is -0.127. The Kier molecular flexibility index (Phi) is 6.07. The number of aromatic nitrogens is 1. The van der Waals surface area contributed by atoms with Crippen molar-refractivity contribution in [2.75, 3.05) is 19.6 Å². The molecule has 5 heteroatoms.